The van der Waals surface area contributed by atoms with Gasteiger partial charge >= 0.3 is 5.97 Å². The average Bonchev–Trinajstić information content (AvgIpc) is 2.69. The molecule has 0 aromatic heterocycles. The molecule has 0 heterocycles. The Kier molecular flexibility index (Phi) is 7.51. The van der Waals surface area contributed by atoms with Crippen LogP contribution in [0.2, 0.25) is 0 Å². The highest BCUT2D eigenvalue weighted by atomic mass is 16.4. The fourth-order valence-corrected chi connectivity index (χ4v) is 2.89. The quantitative estimate of drug-likeness (QED) is 0.457. The molecule has 0 bridgehead atoms. The Bertz CT molecular complexity index is 845. The molecule has 28 heavy (non-hydrogen) atoms. The maximum Gasteiger partial charge on any atom is 0.306 e. The van der Waals surface area contributed by atoms with Crippen LogP contribution in [0.15, 0.2) is 66.9 Å². The zero-order valence-corrected chi connectivity index (χ0v) is 15.7. The molecule has 0 spiro atoms. The third-order valence-electron chi connectivity index (χ3n) is 4.41. The molecule has 0 aliphatic heterocycles. The summed E-state index contributed by atoms with van der Waals surface area (Å²) in [6.07, 6.45) is 2.60. The second kappa shape index (κ2) is 10.1. The molecule has 0 aliphatic rings. The van der Waals surface area contributed by atoms with Crippen molar-refractivity contribution in [1.29, 1.82) is 0 Å². The Hall–Kier alpha value is -3.41. The predicted molar refractivity (Wildman–Crippen MR) is 107 cm³/mol. The fourth-order valence-electron chi connectivity index (χ4n) is 2.89. The summed E-state index contributed by atoms with van der Waals surface area (Å²) in [6, 6.07) is 17.3. The second-order valence-corrected chi connectivity index (χ2v) is 6.64. The van der Waals surface area contributed by atoms with Crippen molar-refractivity contribution in [3.05, 3.63) is 72.4 Å². The predicted octanol–water partition coefficient (Wildman–Crippen LogP) is 2.53. The number of carboxylic acid groups (broad SMARTS) is 1. The Morgan fingerprint density at radius 2 is 1.64 bits per heavy atom. The number of hydrogen-bond donors (Lipinski definition) is 3. The number of carbonyl (C=O) groups excluding carboxylic acids is 2. The van der Waals surface area contributed by atoms with E-state index in [9.17, 15) is 19.5 Å². The van der Waals surface area contributed by atoms with Crippen molar-refractivity contribution in [1.82, 2.24) is 5.32 Å². The summed E-state index contributed by atoms with van der Waals surface area (Å²) in [6.45, 7) is 1.57. The van der Waals surface area contributed by atoms with E-state index >= 15 is 0 Å². The van der Waals surface area contributed by atoms with Gasteiger partial charge in [-0.05, 0) is 35.7 Å². The summed E-state index contributed by atoms with van der Waals surface area (Å²) in [5.74, 6) is -3.18. The number of aliphatic carboxylic acids is 1. The van der Waals surface area contributed by atoms with Crippen LogP contribution in [0, 0.1) is 5.92 Å². The normalized spacial score (nSPS) is 13.0. The first-order valence-electron chi connectivity index (χ1n) is 9.01. The molecule has 0 unspecified atom stereocenters. The molecule has 0 radical (unpaired) electrons. The van der Waals surface area contributed by atoms with Gasteiger partial charge in [-0.1, -0.05) is 61.5 Å². The minimum atomic E-state index is -0.952. The van der Waals surface area contributed by atoms with E-state index in [0.717, 1.165) is 29.0 Å². The van der Waals surface area contributed by atoms with Gasteiger partial charge < -0.3 is 16.2 Å². The molecular formula is C22H24N2O4. The number of nitrogens with one attached hydrogen (secondary N) is 1. The number of ketones is 1. The Labute approximate surface area is 164 Å². The number of carbonyl (C=O) groups is 3. The lowest BCUT2D eigenvalue weighted by molar-refractivity contribution is -0.142. The van der Waals surface area contributed by atoms with Crippen molar-refractivity contribution in [3.8, 4) is 11.1 Å². The maximum absolute atomic E-state index is 12.0. The molecule has 2 aromatic rings. The van der Waals surface area contributed by atoms with E-state index in [1.54, 1.807) is 6.92 Å². The van der Waals surface area contributed by atoms with Crippen LogP contribution in [0.5, 0.6) is 0 Å². The average molecular weight is 380 g/mol. The molecule has 2 rings (SSSR count). The monoisotopic (exact) mass is 380 g/mol. The van der Waals surface area contributed by atoms with Crippen LogP contribution in [0.25, 0.3) is 11.1 Å². The standard InChI is InChI=1S/C22H24N2O4/c1-15(22(27)28)13-19(24-21(26)20(25)11-12-23)14-16-7-9-18(10-8-16)17-5-3-2-4-6-17/h2-12,15,19H,13-14,23H2,1H3,(H,24,26)(H,27,28)/b12-11-/t15-,19+/m1/s1. The van der Waals surface area contributed by atoms with Gasteiger partial charge in [-0.3, -0.25) is 14.4 Å². The van der Waals surface area contributed by atoms with Crippen LogP contribution in [-0.4, -0.2) is 28.8 Å². The molecule has 0 saturated carbocycles. The lowest BCUT2D eigenvalue weighted by Gasteiger charge is -2.20. The molecule has 2 atom stereocenters. The Morgan fingerprint density at radius 1 is 1.04 bits per heavy atom. The SMILES string of the molecule is C[C@H](C[C@@H](Cc1ccc(-c2ccccc2)cc1)NC(=O)C(=O)/C=C\N)C(=O)O. The topological polar surface area (TPSA) is 109 Å². The van der Waals surface area contributed by atoms with Crippen molar-refractivity contribution in [2.24, 2.45) is 11.7 Å². The van der Waals surface area contributed by atoms with Gasteiger partial charge in [0.15, 0.2) is 0 Å². The van der Waals surface area contributed by atoms with Crippen LogP contribution in [-0.2, 0) is 20.8 Å². The van der Waals surface area contributed by atoms with Crippen molar-refractivity contribution < 1.29 is 19.5 Å². The number of rotatable bonds is 9. The minimum absolute atomic E-state index is 0.209. The summed E-state index contributed by atoms with van der Waals surface area (Å²) >= 11 is 0. The van der Waals surface area contributed by atoms with E-state index in [-0.39, 0.29) is 6.42 Å². The third kappa shape index (κ3) is 6.09. The summed E-state index contributed by atoms with van der Waals surface area (Å²) in [4.78, 5) is 34.9. The number of hydrogen-bond acceptors (Lipinski definition) is 4. The zero-order valence-electron chi connectivity index (χ0n) is 15.7. The van der Waals surface area contributed by atoms with Gasteiger partial charge in [0.1, 0.15) is 0 Å². The second-order valence-electron chi connectivity index (χ2n) is 6.64. The van der Waals surface area contributed by atoms with Crippen LogP contribution in [0.4, 0.5) is 0 Å². The lowest BCUT2D eigenvalue weighted by atomic mass is 9.95. The van der Waals surface area contributed by atoms with E-state index in [4.69, 9.17) is 5.73 Å². The van der Waals surface area contributed by atoms with E-state index in [0.29, 0.717) is 6.42 Å². The van der Waals surface area contributed by atoms with Gasteiger partial charge in [-0.2, -0.15) is 0 Å². The van der Waals surface area contributed by atoms with Crippen molar-refractivity contribution in [2.75, 3.05) is 0 Å². The first kappa shape index (κ1) is 20.9. The van der Waals surface area contributed by atoms with Gasteiger partial charge in [0.05, 0.1) is 5.92 Å². The zero-order chi connectivity index (χ0) is 20.5. The Morgan fingerprint density at radius 3 is 2.21 bits per heavy atom. The minimum Gasteiger partial charge on any atom is -0.481 e. The van der Waals surface area contributed by atoms with Crippen LogP contribution >= 0.6 is 0 Å². The first-order chi connectivity index (χ1) is 13.4. The highest BCUT2D eigenvalue weighted by Gasteiger charge is 2.22. The third-order valence-corrected chi connectivity index (χ3v) is 4.41. The van der Waals surface area contributed by atoms with Gasteiger partial charge in [-0.25, -0.2) is 0 Å². The van der Waals surface area contributed by atoms with Crippen molar-refractivity contribution in [2.45, 2.75) is 25.8 Å². The van der Waals surface area contributed by atoms with E-state index < -0.39 is 29.6 Å². The number of nitrogens with two attached hydrogens (primary N) is 1. The molecule has 2 aromatic carbocycles. The van der Waals surface area contributed by atoms with E-state index in [1.165, 1.54) is 0 Å². The smallest absolute Gasteiger partial charge is 0.306 e. The molecule has 1 amide bonds. The molecule has 6 heteroatoms. The van der Waals surface area contributed by atoms with Crippen molar-refractivity contribution >= 4 is 17.7 Å². The summed E-state index contributed by atoms with van der Waals surface area (Å²) in [5, 5.41) is 11.8. The first-order valence-corrected chi connectivity index (χ1v) is 9.01. The van der Waals surface area contributed by atoms with E-state index in [1.807, 2.05) is 54.6 Å². The highest BCUT2D eigenvalue weighted by Crippen LogP contribution is 2.20. The molecule has 0 saturated heterocycles. The Balaban J connectivity index is 2.13. The molecule has 0 aliphatic carbocycles. The van der Waals surface area contributed by atoms with Crippen LogP contribution in [0.3, 0.4) is 0 Å². The highest BCUT2D eigenvalue weighted by molar-refractivity contribution is 6.40. The maximum atomic E-state index is 12.0. The van der Waals surface area contributed by atoms with E-state index in [2.05, 4.69) is 5.32 Å². The number of benzene rings is 2. The summed E-state index contributed by atoms with van der Waals surface area (Å²) in [5.41, 5.74) is 8.24. The summed E-state index contributed by atoms with van der Waals surface area (Å²) in [7, 11) is 0. The molecule has 6 nitrogen and oxygen atoms in total. The molecular weight excluding hydrogens is 356 g/mol. The van der Waals surface area contributed by atoms with Gasteiger partial charge in [0.2, 0.25) is 5.78 Å². The molecule has 4 N–H and O–H groups in total. The summed E-state index contributed by atoms with van der Waals surface area (Å²) < 4.78 is 0. The number of carboxylic acids is 1. The van der Waals surface area contributed by atoms with Crippen LogP contribution < -0.4 is 11.1 Å². The van der Waals surface area contributed by atoms with Gasteiger partial charge in [0.25, 0.3) is 5.91 Å². The molecule has 146 valence electrons. The number of amides is 1. The lowest BCUT2D eigenvalue weighted by Crippen LogP contribution is -2.41. The van der Waals surface area contributed by atoms with Gasteiger partial charge in [0, 0.05) is 12.1 Å². The fraction of sp³-hybridized carbons (Fsp3) is 0.227. The largest absolute Gasteiger partial charge is 0.481 e. The van der Waals surface area contributed by atoms with Crippen LogP contribution in [0.1, 0.15) is 18.9 Å². The molecule has 0 fully saturated rings. The van der Waals surface area contributed by atoms with Crippen molar-refractivity contribution in [3.63, 3.8) is 0 Å². The van der Waals surface area contributed by atoms with Gasteiger partial charge in [-0.15, -0.1) is 0 Å².